The van der Waals surface area contributed by atoms with Gasteiger partial charge < -0.3 is 15.5 Å². The summed E-state index contributed by atoms with van der Waals surface area (Å²) in [5.41, 5.74) is 3.49. The lowest BCUT2D eigenvalue weighted by atomic mass is 9.98. The summed E-state index contributed by atoms with van der Waals surface area (Å²) in [5, 5.41) is 6.13. The maximum Gasteiger partial charge on any atom is 0.258 e. The normalized spacial score (nSPS) is 17.7. The number of nitrogens with zero attached hydrogens (tertiary/aromatic N) is 2. The third-order valence-electron chi connectivity index (χ3n) is 6.64. The van der Waals surface area contributed by atoms with Crippen molar-refractivity contribution in [3.05, 3.63) is 94.8 Å². The summed E-state index contributed by atoms with van der Waals surface area (Å²) < 4.78 is 13.6. The van der Waals surface area contributed by atoms with E-state index in [1.165, 1.54) is 24.3 Å². The quantitative estimate of drug-likeness (QED) is 0.588. The van der Waals surface area contributed by atoms with Crippen LogP contribution in [0.2, 0.25) is 0 Å². The molecule has 8 heteroatoms. The number of benzene rings is 3. The Morgan fingerprint density at radius 3 is 2.25 bits per heavy atom. The van der Waals surface area contributed by atoms with Crippen LogP contribution in [0.4, 0.5) is 15.8 Å². The van der Waals surface area contributed by atoms with E-state index in [9.17, 15) is 18.8 Å². The zero-order valence-electron chi connectivity index (χ0n) is 20.0. The minimum Gasteiger partial charge on any atom is -0.336 e. The van der Waals surface area contributed by atoms with Crippen molar-refractivity contribution in [2.75, 3.05) is 36.4 Å². The van der Waals surface area contributed by atoms with Crippen LogP contribution in [-0.4, -0.2) is 48.8 Å². The minimum atomic E-state index is -0.584. The molecule has 5 rings (SSSR count). The van der Waals surface area contributed by atoms with Crippen LogP contribution in [0, 0.1) is 12.7 Å². The van der Waals surface area contributed by atoms with Gasteiger partial charge in [-0.15, -0.1) is 0 Å². The summed E-state index contributed by atoms with van der Waals surface area (Å²) in [5.74, 6) is -1.18. The van der Waals surface area contributed by atoms with Crippen LogP contribution < -0.4 is 15.5 Å². The van der Waals surface area contributed by atoms with Crippen LogP contribution in [0.3, 0.4) is 0 Å². The molecule has 3 amide bonds. The standard InChI is InChI=1S/C28H27FN4O3/c1-18-2-4-19(5-3-18)25-17-26(34)31-23-16-21(27(35)32-14-12-30-13-15-32)8-11-24(23)33(25)28(36)20-6-9-22(29)10-7-20/h2-11,16,25,30H,12-15,17H2,1H3,(H,31,34). The Labute approximate surface area is 208 Å². The van der Waals surface area contributed by atoms with Crippen LogP contribution in [0.5, 0.6) is 0 Å². The number of halogens is 1. The van der Waals surface area contributed by atoms with Crippen molar-refractivity contribution in [3.63, 3.8) is 0 Å². The van der Waals surface area contributed by atoms with Gasteiger partial charge in [0, 0.05) is 37.3 Å². The van der Waals surface area contributed by atoms with Gasteiger partial charge in [-0.25, -0.2) is 4.39 Å². The second-order valence-electron chi connectivity index (χ2n) is 9.13. The fraction of sp³-hybridized carbons (Fsp3) is 0.250. The highest BCUT2D eigenvalue weighted by atomic mass is 19.1. The van der Waals surface area contributed by atoms with Gasteiger partial charge in [0.1, 0.15) is 5.82 Å². The smallest absolute Gasteiger partial charge is 0.258 e. The van der Waals surface area contributed by atoms with Crippen LogP contribution in [-0.2, 0) is 4.79 Å². The molecule has 1 atom stereocenters. The highest BCUT2D eigenvalue weighted by Crippen LogP contribution is 2.40. The average Bonchev–Trinajstić information content (AvgIpc) is 3.04. The van der Waals surface area contributed by atoms with E-state index in [-0.39, 0.29) is 24.1 Å². The fourth-order valence-corrected chi connectivity index (χ4v) is 4.70. The molecule has 2 heterocycles. The molecule has 0 bridgehead atoms. The van der Waals surface area contributed by atoms with E-state index in [1.807, 2.05) is 31.2 Å². The van der Waals surface area contributed by atoms with Gasteiger partial charge in [-0.2, -0.15) is 0 Å². The van der Waals surface area contributed by atoms with E-state index >= 15 is 0 Å². The zero-order valence-corrected chi connectivity index (χ0v) is 20.0. The van der Waals surface area contributed by atoms with Crippen molar-refractivity contribution in [2.45, 2.75) is 19.4 Å². The van der Waals surface area contributed by atoms with Gasteiger partial charge in [-0.05, 0) is 55.0 Å². The number of hydrogen-bond donors (Lipinski definition) is 2. The fourth-order valence-electron chi connectivity index (χ4n) is 4.70. The molecule has 3 aromatic carbocycles. The lowest BCUT2D eigenvalue weighted by Gasteiger charge is -2.31. The molecule has 1 saturated heterocycles. The maximum atomic E-state index is 13.8. The number of fused-ring (bicyclic) bond motifs is 1. The Hall–Kier alpha value is -4.04. The molecule has 2 aliphatic heterocycles. The molecule has 1 unspecified atom stereocenters. The molecule has 0 aromatic heterocycles. The highest BCUT2D eigenvalue weighted by molar-refractivity contribution is 6.12. The molecule has 36 heavy (non-hydrogen) atoms. The number of nitrogens with one attached hydrogen (secondary N) is 2. The van der Waals surface area contributed by atoms with E-state index in [4.69, 9.17) is 0 Å². The molecule has 7 nitrogen and oxygen atoms in total. The molecular weight excluding hydrogens is 459 g/mol. The first-order valence-corrected chi connectivity index (χ1v) is 12.0. The molecule has 0 radical (unpaired) electrons. The maximum absolute atomic E-state index is 13.8. The zero-order chi connectivity index (χ0) is 25.2. The largest absolute Gasteiger partial charge is 0.336 e. The SMILES string of the molecule is Cc1ccc(C2CC(=O)Nc3cc(C(=O)N4CCNCC4)ccc3N2C(=O)c2ccc(F)cc2)cc1. The third kappa shape index (κ3) is 4.72. The third-order valence-corrected chi connectivity index (χ3v) is 6.64. The summed E-state index contributed by atoms with van der Waals surface area (Å²) in [6.07, 6.45) is 0.0335. The first kappa shape index (κ1) is 23.7. The summed E-state index contributed by atoms with van der Waals surface area (Å²) in [4.78, 5) is 43.3. The summed E-state index contributed by atoms with van der Waals surface area (Å²) >= 11 is 0. The van der Waals surface area contributed by atoms with E-state index in [2.05, 4.69) is 10.6 Å². The van der Waals surface area contributed by atoms with Crippen molar-refractivity contribution < 1.29 is 18.8 Å². The van der Waals surface area contributed by atoms with Crippen molar-refractivity contribution in [2.24, 2.45) is 0 Å². The number of rotatable bonds is 3. The van der Waals surface area contributed by atoms with E-state index in [1.54, 1.807) is 28.0 Å². The van der Waals surface area contributed by atoms with Gasteiger partial charge in [0.05, 0.1) is 23.8 Å². The second kappa shape index (κ2) is 9.91. The number of amides is 3. The number of anilines is 2. The number of hydrogen-bond acceptors (Lipinski definition) is 4. The molecule has 2 aliphatic rings. The van der Waals surface area contributed by atoms with Gasteiger partial charge in [0.15, 0.2) is 0 Å². The summed E-state index contributed by atoms with van der Waals surface area (Å²) in [6.45, 7) is 4.63. The van der Waals surface area contributed by atoms with Crippen molar-refractivity contribution in [3.8, 4) is 0 Å². The van der Waals surface area contributed by atoms with Crippen LogP contribution in [0.1, 0.15) is 44.3 Å². The van der Waals surface area contributed by atoms with E-state index in [0.29, 0.717) is 35.6 Å². The monoisotopic (exact) mass is 486 g/mol. The molecule has 0 saturated carbocycles. The second-order valence-corrected chi connectivity index (χ2v) is 9.13. The molecule has 184 valence electrons. The van der Waals surface area contributed by atoms with Crippen LogP contribution >= 0.6 is 0 Å². The molecule has 1 fully saturated rings. The Balaban J connectivity index is 1.59. The predicted molar refractivity (Wildman–Crippen MR) is 136 cm³/mol. The summed E-state index contributed by atoms with van der Waals surface area (Å²) in [6, 6.07) is 17.5. The van der Waals surface area contributed by atoms with Gasteiger partial charge in [0.2, 0.25) is 5.91 Å². The van der Waals surface area contributed by atoms with Crippen molar-refractivity contribution >= 4 is 29.1 Å². The lowest BCUT2D eigenvalue weighted by Crippen LogP contribution is -2.46. The van der Waals surface area contributed by atoms with E-state index < -0.39 is 11.9 Å². The number of piperazine rings is 1. The molecule has 0 spiro atoms. The van der Waals surface area contributed by atoms with Gasteiger partial charge in [-0.3, -0.25) is 19.3 Å². The Kier molecular flexibility index (Phi) is 6.52. The Morgan fingerprint density at radius 1 is 0.889 bits per heavy atom. The average molecular weight is 487 g/mol. The highest BCUT2D eigenvalue weighted by Gasteiger charge is 2.35. The first-order valence-electron chi connectivity index (χ1n) is 12.0. The first-order chi connectivity index (χ1) is 17.4. The van der Waals surface area contributed by atoms with Crippen LogP contribution in [0.15, 0.2) is 66.7 Å². The van der Waals surface area contributed by atoms with Gasteiger partial charge in [0.25, 0.3) is 11.8 Å². The predicted octanol–water partition coefficient (Wildman–Crippen LogP) is 3.91. The van der Waals surface area contributed by atoms with Crippen LogP contribution in [0.25, 0.3) is 0 Å². The Bertz CT molecular complexity index is 1300. The number of carbonyl (C=O) groups excluding carboxylic acids is 3. The molecule has 3 aromatic rings. The van der Waals surface area contributed by atoms with E-state index in [0.717, 1.165) is 24.2 Å². The number of carbonyl (C=O) groups is 3. The number of aryl methyl sites for hydroxylation is 1. The van der Waals surface area contributed by atoms with Gasteiger partial charge >= 0.3 is 0 Å². The molecule has 0 aliphatic carbocycles. The molecule has 2 N–H and O–H groups in total. The van der Waals surface area contributed by atoms with Crippen molar-refractivity contribution in [1.29, 1.82) is 0 Å². The topological polar surface area (TPSA) is 81.8 Å². The summed E-state index contributed by atoms with van der Waals surface area (Å²) in [7, 11) is 0. The lowest BCUT2D eigenvalue weighted by molar-refractivity contribution is -0.116. The van der Waals surface area contributed by atoms with Crippen molar-refractivity contribution in [1.82, 2.24) is 10.2 Å². The Morgan fingerprint density at radius 2 is 1.56 bits per heavy atom. The van der Waals surface area contributed by atoms with Gasteiger partial charge in [-0.1, -0.05) is 29.8 Å². The molecular formula is C28H27FN4O3. The minimum absolute atomic E-state index is 0.0335.